The van der Waals surface area contributed by atoms with Crippen LogP contribution in [0.3, 0.4) is 0 Å². The van der Waals surface area contributed by atoms with E-state index in [1.54, 1.807) is 60.7 Å². The van der Waals surface area contributed by atoms with E-state index >= 15 is 0 Å². The van der Waals surface area contributed by atoms with Gasteiger partial charge in [0.05, 0.1) is 4.90 Å². The summed E-state index contributed by atoms with van der Waals surface area (Å²) in [6.07, 6.45) is 1.56. The summed E-state index contributed by atoms with van der Waals surface area (Å²) >= 11 is 0. The van der Waals surface area contributed by atoms with Crippen LogP contribution in [-0.2, 0) is 16.6 Å². The third-order valence-corrected chi connectivity index (χ3v) is 6.83. The van der Waals surface area contributed by atoms with Crippen molar-refractivity contribution in [3.8, 4) is 0 Å². The number of amides is 1. The molecule has 31 heavy (non-hydrogen) atoms. The maximum absolute atomic E-state index is 13.0. The highest BCUT2D eigenvalue weighted by Crippen LogP contribution is 2.21. The van der Waals surface area contributed by atoms with Crippen LogP contribution >= 0.6 is 0 Å². The Hall–Kier alpha value is -3.22. The van der Waals surface area contributed by atoms with E-state index < -0.39 is 10.0 Å². The third kappa shape index (κ3) is 5.29. The predicted octanol–water partition coefficient (Wildman–Crippen LogP) is 4.93. The summed E-state index contributed by atoms with van der Waals surface area (Å²) in [7, 11) is -3.66. The molecule has 5 nitrogen and oxygen atoms in total. The molecule has 1 N–H and O–H groups in total. The monoisotopic (exact) mass is 434 g/mol. The first kappa shape index (κ1) is 22.5. The molecule has 0 saturated heterocycles. The van der Waals surface area contributed by atoms with E-state index in [1.165, 1.54) is 4.31 Å². The zero-order valence-electron chi connectivity index (χ0n) is 17.7. The predicted molar refractivity (Wildman–Crippen MR) is 125 cm³/mol. The van der Waals surface area contributed by atoms with Gasteiger partial charge < -0.3 is 5.32 Å². The number of nitrogens with zero attached hydrogens (tertiary/aromatic N) is 1. The molecule has 0 unspecified atom stereocenters. The summed E-state index contributed by atoms with van der Waals surface area (Å²) in [5.74, 6) is -0.205. The van der Waals surface area contributed by atoms with Gasteiger partial charge in [-0.15, -0.1) is 6.58 Å². The molecule has 3 aromatic carbocycles. The number of rotatable bonds is 8. The molecule has 6 heteroatoms. The van der Waals surface area contributed by atoms with Crippen molar-refractivity contribution in [1.82, 2.24) is 4.31 Å². The minimum Gasteiger partial charge on any atom is -0.322 e. The molecule has 0 saturated carbocycles. The number of aryl methyl sites for hydroxylation is 2. The second-order valence-electron chi connectivity index (χ2n) is 7.32. The molecule has 0 aliphatic carbocycles. The topological polar surface area (TPSA) is 66.5 Å². The maximum Gasteiger partial charge on any atom is 0.255 e. The second-order valence-corrected chi connectivity index (χ2v) is 9.26. The summed E-state index contributed by atoms with van der Waals surface area (Å²) in [6.45, 7) is 7.95. The van der Waals surface area contributed by atoms with Gasteiger partial charge in [0.25, 0.3) is 5.91 Å². The number of hydrogen-bond acceptors (Lipinski definition) is 3. The van der Waals surface area contributed by atoms with Crippen molar-refractivity contribution >= 4 is 21.6 Å². The van der Waals surface area contributed by atoms with Gasteiger partial charge in [0.15, 0.2) is 0 Å². The lowest BCUT2D eigenvalue weighted by Gasteiger charge is -2.21. The highest BCUT2D eigenvalue weighted by molar-refractivity contribution is 7.89. The van der Waals surface area contributed by atoms with E-state index in [-0.39, 0.29) is 23.9 Å². The van der Waals surface area contributed by atoms with Gasteiger partial charge in [-0.3, -0.25) is 4.79 Å². The Morgan fingerprint density at radius 3 is 2.13 bits per heavy atom. The minimum atomic E-state index is -3.66. The number of sulfonamides is 1. The molecular weight excluding hydrogens is 408 g/mol. The molecule has 0 aliphatic heterocycles. The minimum absolute atomic E-state index is 0.183. The van der Waals surface area contributed by atoms with Crippen LogP contribution in [0.4, 0.5) is 5.69 Å². The zero-order chi connectivity index (χ0) is 22.4. The quantitative estimate of drug-likeness (QED) is 0.511. The van der Waals surface area contributed by atoms with E-state index in [4.69, 9.17) is 0 Å². The van der Waals surface area contributed by atoms with E-state index in [2.05, 4.69) is 11.9 Å². The van der Waals surface area contributed by atoms with Crippen LogP contribution in [0.2, 0.25) is 0 Å². The second kappa shape index (κ2) is 9.73. The Morgan fingerprint density at radius 1 is 0.935 bits per heavy atom. The molecule has 0 spiro atoms. The molecule has 160 valence electrons. The molecule has 1 amide bonds. The average Bonchev–Trinajstić information content (AvgIpc) is 2.77. The summed E-state index contributed by atoms with van der Waals surface area (Å²) in [5.41, 5.74) is 4.09. The lowest BCUT2D eigenvalue weighted by molar-refractivity contribution is 0.102. The highest BCUT2D eigenvalue weighted by Gasteiger charge is 2.23. The van der Waals surface area contributed by atoms with Crippen LogP contribution in [0.15, 0.2) is 90.3 Å². The van der Waals surface area contributed by atoms with Gasteiger partial charge in [-0.1, -0.05) is 54.6 Å². The van der Waals surface area contributed by atoms with E-state index in [9.17, 15) is 13.2 Å². The summed E-state index contributed by atoms with van der Waals surface area (Å²) < 4.78 is 27.3. The van der Waals surface area contributed by atoms with E-state index in [1.807, 2.05) is 32.0 Å². The largest absolute Gasteiger partial charge is 0.322 e. The Kier molecular flexibility index (Phi) is 7.05. The lowest BCUT2D eigenvalue weighted by Crippen LogP contribution is -2.30. The first-order valence-corrected chi connectivity index (χ1v) is 11.4. The fraction of sp³-hybridized carbons (Fsp3) is 0.160. The first-order chi connectivity index (χ1) is 14.8. The molecular formula is C25H26N2O3S. The normalized spacial score (nSPS) is 11.3. The van der Waals surface area contributed by atoms with Crippen molar-refractivity contribution in [3.63, 3.8) is 0 Å². The van der Waals surface area contributed by atoms with Crippen molar-refractivity contribution < 1.29 is 13.2 Å². The first-order valence-electron chi connectivity index (χ1n) is 9.95. The molecule has 0 atom stereocenters. The standard InChI is InChI=1S/C25H26N2O3S/c1-4-17-27(31(29,30)23-11-6-5-7-12-23)18-21-13-15-22(16-14-21)25(28)26-24-19(2)9-8-10-20(24)3/h4-16H,1,17-18H2,2-3H3,(H,26,28). The smallest absolute Gasteiger partial charge is 0.255 e. The van der Waals surface area contributed by atoms with Crippen LogP contribution in [0.5, 0.6) is 0 Å². The summed E-state index contributed by atoms with van der Waals surface area (Å²) in [6, 6.07) is 21.1. The van der Waals surface area contributed by atoms with Crippen molar-refractivity contribution in [2.45, 2.75) is 25.3 Å². The van der Waals surface area contributed by atoms with Gasteiger partial charge in [-0.25, -0.2) is 8.42 Å². The zero-order valence-corrected chi connectivity index (χ0v) is 18.5. The van der Waals surface area contributed by atoms with Gasteiger partial charge in [-0.2, -0.15) is 4.31 Å². The third-order valence-electron chi connectivity index (χ3n) is 5.01. The molecule has 0 heterocycles. The number of carbonyl (C=O) groups excluding carboxylic acids is 1. The Balaban J connectivity index is 1.77. The van der Waals surface area contributed by atoms with Gasteiger partial charge in [0, 0.05) is 24.3 Å². The highest BCUT2D eigenvalue weighted by atomic mass is 32.2. The Labute approximate surface area is 184 Å². The molecule has 3 rings (SSSR count). The molecule has 3 aromatic rings. The van der Waals surface area contributed by atoms with Crippen molar-refractivity contribution in [1.29, 1.82) is 0 Å². The van der Waals surface area contributed by atoms with Crippen LogP contribution < -0.4 is 5.32 Å². The van der Waals surface area contributed by atoms with Crippen LogP contribution in [0, 0.1) is 13.8 Å². The molecule has 0 radical (unpaired) electrons. The van der Waals surface area contributed by atoms with Gasteiger partial charge in [0.2, 0.25) is 10.0 Å². The Morgan fingerprint density at radius 2 is 1.55 bits per heavy atom. The number of carbonyl (C=O) groups is 1. The van der Waals surface area contributed by atoms with Crippen LogP contribution in [0.25, 0.3) is 0 Å². The maximum atomic E-state index is 13.0. The average molecular weight is 435 g/mol. The van der Waals surface area contributed by atoms with Gasteiger partial charge in [0.1, 0.15) is 0 Å². The SMILES string of the molecule is C=CCN(Cc1ccc(C(=O)Nc2c(C)cccc2C)cc1)S(=O)(=O)c1ccccc1. The molecule has 0 aromatic heterocycles. The van der Waals surface area contributed by atoms with Crippen molar-refractivity contribution in [2.75, 3.05) is 11.9 Å². The molecule has 0 aliphatic rings. The summed E-state index contributed by atoms with van der Waals surface area (Å²) in [5, 5.41) is 2.96. The fourth-order valence-electron chi connectivity index (χ4n) is 3.30. The van der Waals surface area contributed by atoms with E-state index in [0.29, 0.717) is 5.56 Å². The van der Waals surface area contributed by atoms with Gasteiger partial charge in [-0.05, 0) is 54.8 Å². The van der Waals surface area contributed by atoms with Crippen LogP contribution in [0.1, 0.15) is 27.0 Å². The lowest BCUT2D eigenvalue weighted by atomic mass is 10.1. The fourth-order valence-corrected chi connectivity index (χ4v) is 4.72. The van der Waals surface area contributed by atoms with Gasteiger partial charge >= 0.3 is 0 Å². The Bertz CT molecular complexity index is 1150. The number of hydrogen-bond donors (Lipinski definition) is 1. The van der Waals surface area contributed by atoms with Crippen molar-refractivity contribution in [3.05, 3.63) is 108 Å². The number of benzene rings is 3. The van der Waals surface area contributed by atoms with Crippen LogP contribution in [-0.4, -0.2) is 25.2 Å². The van der Waals surface area contributed by atoms with Crippen molar-refractivity contribution in [2.24, 2.45) is 0 Å². The number of nitrogens with one attached hydrogen (secondary N) is 1. The summed E-state index contributed by atoms with van der Waals surface area (Å²) in [4.78, 5) is 12.9. The molecule has 0 bridgehead atoms. The molecule has 0 fully saturated rings. The number of para-hydroxylation sites is 1. The number of anilines is 1. The van der Waals surface area contributed by atoms with E-state index in [0.717, 1.165) is 22.4 Å².